The fourth-order valence-electron chi connectivity index (χ4n) is 3.04. The molecule has 0 spiro atoms. The van der Waals surface area contributed by atoms with Gasteiger partial charge in [-0.3, -0.25) is 4.79 Å². The molecule has 0 aliphatic carbocycles. The maximum atomic E-state index is 12.3. The molecule has 0 atom stereocenters. The molecular formula is C25H22N2O4. The largest absolute Gasteiger partial charge is 0.493 e. The van der Waals surface area contributed by atoms with Gasteiger partial charge in [0, 0.05) is 5.39 Å². The minimum absolute atomic E-state index is 0.204. The molecule has 0 unspecified atom stereocenters. The number of aryl methyl sites for hydroxylation is 1. The lowest BCUT2D eigenvalue weighted by atomic mass is 10.2. The Morgan fingerprint density at radius 1 is 1.03 bits per heavy atom. The van der Waals surface area contributed by atoms with Gasteiger partial charge in [0.25, 0.3) is 0 Å². The SMILES string of the molecule is COc1cc(/C=N/NC(=O)c2cc3ccccc3o2)ccc1OCc1ccc(C)cc1. The van der Waals surface area contributed by atoms with Gasteiger partial charge in [0.2, 0.25) is 0 Å². The first kappa shape index (κ1) is 20.2. The fraction of sp³-hybridized carbons (Fsp3) is 0.120. The highest BCUT2D eigenvalue weighted by Gasteiger charge is 2.11. The van der Waals surface area contributed by atoms with E-state index in [9.17, 15) is 4.79 Å². The fourth-order valence-corrected chi connectivity index (χ4v) is 3.04. The first-order valence-corrected chi connectivity index (χ1v) is 9.81. The second-order valence-corrected chi connectivity index (χ2v) is 7.03. The second-order valence-electron chi connectivity index (χ2n) is 7.03. The van der Waals surface area contributed by atoms with Gasteiger partial charge in [-0.25, -0.2) is 5.43 Å². The van der Waals surface area contributed by atoms with Crippen molar-refractivity contribution in [3.63, 3.8) is 0 Å². The van der Waals surface area contributed by atoms with Gasteiger partial charge in [-0.05, 0) is 48.4 Å². The van der Waals surface area contributed by atoms with Crippen LogP contribution < -0.4 is 14.9 Å². The van der Waals surface area contributed by atoms with E-state index in [1.807, 2.05) is 55.5 Å². The summed E-state index contributed by atoms with van der Waals surface area (Å²) in [4.78, 5) is 12.3. The lowest BCUT2D eigenvalue weighted by Gasteiger charge is -2.11. The highest BCUT2D eigenvalue weighted by molar-refractivity contribution is 5.96. The van der Waals surface area contributed by atoms with Gasteiger partial charge >= 0.3 is 5.91 Å². The number of amides is 1. The van der Waals surface area contributed by atoms with E-state index in [0.717, 1.165) is 16.5 Å². The van der Waals surface area contributed by atoms with Crippen LogP contribution in [0.1, 0.15) is 27.2 Å². The molecule has 3 aromatic carbocycles. The third kappa shape index (κ3) is 4.93. The zero-order chi connectivity index (χ0) is 21.6. The Labute approximate surface area is 180 Å². The van der Waals surface area contributed by atoms with E-state index in [2.05, 4.69) is 22.7 Å². The predicted octanol–water partition coefficient (Wildman–Crippen LogP) is 5.09. The molecule has 1 aromatic heterocycles. The number of carbonyl (C=O) groups is 1. The second kappa shape index (κ2) is 9.17. The highest BCUT2D eigenvalue weighted by atomic mass is 16.5. The molecule has 1 heterocycles. The van der Waals surface area contributed by atoms with Crippen LogP contribution in [0.5, 0.6) is 11.5 Å². The molecule has 0 bridgehead atoms. The van der Waals surface area contributed by atoms with Gasteiger partial charge in [0.15, 0.2) is 17.3 Å². The highest BCUT2D eigenvalue weighted by Crippen LogP contribution is 2.28. The van der Waals surface area contributed by atoms with Gasteiger partial charge in [-0.2, -0.15) is 5.10 Å². The molecule has 0 saturated heterocycles. The minimum Gasteiger partial charge on any atom is -0.493 e. The molecule has 6 heteroatoms. The molecule has 0 radical (unpaired) electrons. The number of nitrogens with one attached hydrogen (secondary N) is 1. The maximum absolute atomic E-state index is 12.3. The number of furan rings is 1. The number of carbonyl (C=O) groups excluding carboxylic acids is 1. The van der Waals surface area contributed by atoms with Crippen LogP contribution in [-0.2, 0) is 6.61 Å². The normalized spacial score (nSPS) is 11.0. The number of nitrogens with zero attached hydrogens (tertiary/aromatic N) is 1. The van der Waals surface area contributed by atoms with Crippen LogP contribution in [0.15, 0.2) is 82.3 Å². The molecule has 156 valence electrons. The van der Waals surface area contributed by atoms with Gasteiger partial charge < -0.3 is 13.9 Å². The Morgan fingerprint density at radius 2 is 1.84 bits per heavy atom. The van der Waals surface area contributed by atoms with Crippen molar-refractivity contribution in [1.29, 1.82) is 0 Å². The van der Waals surface area contributed by atoms with Crippen molar-refractivity contribution in [2.45, 2.75) is 13.5 Å². The summed E-state index contributed by atoms with van der Waals surface area (Å²) in [6.45, 7) is 2.49. The van der Waals surface area contributed by atoms with E-state index >= 15 is 0 Å². The molecule has 4 aromatic rings. The van der Waals surface area contributed by atoms with E-state index in [1.54, 1.807) is 19.2 Å². The molecule has 4 rings (SSSR count). The third-order valence-electron chi connectivity index (χ3n) is 4.73. The van der Waals surface area contributed by atoms with Crippen molar-refractivity contribution in [3.05, 3.63) is 95.2 Å². The number of fused-ring (bicyclic) bond motifs is 1. The van der Waals surface area contributed by atoms with E-state index in [0.29, 0.717) is 23.7 Å². The number of rotatable bonds is 7. The molecule has 1 N–H and O–H groups in total. The lowest BCUT2D eigenvalue weighted by molar-refractivity contribution is 0.0929. The Morgan fingerprint density at radius 3 is 2.61 bits per heavy atom. The van der Waals surface area contributed by atoms with Crippen LogP contribution in [0.2, 0.25) is 0 Å². The zero-order valence-electron chi connectivity index (χ0n) is 17.3. The summed E-state index contributed by atoms with van der Waals surface area (Å²) >= 11 is 0. The number of ether oxygens (including phenoxy) is 2. The topological polar surface area (TPSA) is 73.1 Å². The predicted molar refractivity (Wildman–Crippen MR) is 120 cm³/mol. The van der Waals surface area contributed by atoms with Crippen LogP contribution in [0.3, 0.4) is 0 Å². The first-order valence-electron chi connectivity index (χ1n) is 9.81. The van der Waals surface area contributed by atoms with Crippen molar-refractivity contribution < 1.29 is 18.7 Å². The number of hydrogen-bond acceptors (Lipinski definition) is 5. The van der Waals surface area contributed by atoms with Crippen molar-refractivity contribution >= 4 is 23.1 Å². The van der Waals surface area contributed by atoms with E-state index in [4.69, 9.17) is 13.9 Å². The van der Waals surface area contributed by atoms with Gasteiger partial charge in [0.05, 0.1) is 13.3 Å². The van der Waals surface area contributed by atoms with Crippen LogP contribution in [-0.4, -0.2) is 19.2 Å². The standard InChI is InChI=1S/C25H22N2O4/c1-17-7-9-18(10-8-17)16-30-22-12-11-19(13-23(22)29-2)15-26-27-25(28)24-14-20-5-3-4-6-21(20)31-24/h3-15H,16H2,1-2H3,(H,27,28)/b26-15+. The summed E-state index contributed by atoms with van der Waals surface area (Å²) in [6, 6.07) is 22.7. The third-order valence-corrected chi connectivity index (χ3v) is 4.73. The molecule has 0 saturated carbocycles. The summed E-state index contributed by atoms with van der Waals surface area (Å²) in [7, 11) is 1.58. The molecular weight excluding hydrogens is 392 g/mol. The van der Waals surface area contributed by atoms with E-state index in [1.165, 1.54) is 11.8 Å². The summed E-state index contributed by atoms with van der Waals surface area (Å²) < 4.78 is 16.9. The van der Waals surface area contributed by atoms with Crippen molar-refractivity contribution in [2.24, 2.45) is 5.10 Å². The summed E-state index contributed by atoms with van der Waals surface area (Å²) in [5.41, 5.74) is 6.17. The van der Waals surface area contributed by atoms with Crippen LogP contribution >= 0.6 is 0 Å². The first-order chi connectivity index (χ1) is 15.1. The zero-order valence-corrected chi connectivity index (χ0v) is 17.3. The minimum atomic E-state index is -0.419. The van der Waals surface area contributed by atoms with E-state index < -0.39 is 5.91 Å². The number of benzene rings is 3. The molecule has 0 fully saturated rings. The van der Waals surface area contributed by atoms with Crippen LogP contribution in [0.25, 0.3) is 11.0 Å². The van der Waals surface area contributed by atoms with Gasteiger partial charge in [0.1, 0.15) is 12.2 Å². The number of hydrogen-bond donors (Lipinski definition) is 1. The summed E-state index contributed by atoms with van der Waals surface area (Å²) in [5.74, 6) is 0.999. The van der Waals surface area contributed by atoms with E-state index in [-0.39, 0.29) is 5.76 Å². The quantitative estimate of drug-likeness (QED) is 0.338. The Kier molecular flexibility index (Phi) is 5.98. The number of para-hydroxylation sites is 1. The monoisotopic (exact) mass is 414 g/mol. The molecule has 1 amide bonds. The van der Waals surface area contributed by atoms with Gasteiger partial charge in [-0.1, -0.05) is 48.0 Å². The van der Waals surface area contributed by atoms with Crippen LogP contribution in [0, 0.1) is 6.92 Å². The smallest absolute Gasteiger partial charge is 0.307 e. The molecule has 6 nitrogen and oxygen atoms in total. The van der Waals surface area contributed by atoms with Crippen LogP contribution in [0.4, 0.5) is 0 Å². The molecule has 0 aliphatic heterocycles. The van der Waals surface area contributed by atoms with Crippen molar-refractivity contribution in [3.8, 4) is 11.5 Å². The summed E-state index contributed by atoms with van der Waals surface area (Å²) in [5, 5.41) is 4.88. The number of methoxy groups -OCH3 is 1. The Bertz CT molecular complexity index is 1190. The van der Waals surface area contributed by atoms with Crippen molar-refractivity contribution in [2.75, 3.05) is 7.11 Å². The average molecular weight is 414 g/mol. The molecule has 31 heavy (non-hydrogen) atoms. The Balaban J connectivity index is 1.39. The Hall–Kier alpha value is -4.06. The maximum Gasteiger partial charge on any atom is 0.307 e. The van der Waals surface area contributed by atoms with Gasteiger partial charge in [-0.15, -0.1) is 0 Å². The molecule has 0 aliphatic rings. The summed E-state index contributed by atoms with van der Waals surface area (Å²) in [6.07, 6.45) is 1.53. The van der Waals surface area contributed by atoms with Crippen molar-refractivity contribution in [1.82, 2.24) is 5.43 Å². The average Bonchev–Trinajstić information content (AvgIpc) is 3.23. The number of hydrazone groups is 1. The lowest BCUT2D eigenvalue weighted by Crippen LogP contribution is -2.16.